The highest BCUT2D eigenvalue weighted by molar-refractivity contribution is 5.95. The second-order valence-electron chi connectivity index (χ2n) is 8.73. The number of carbonyl (C=O) groups is 1. The lowest BCUT2D eigenvalue weighted by Crippen LogP contribution is -2.36. The number of anilines is 1. The Morgan fingerprint density at radius 2 is 1.90 bits per heavy atom. The number of hydrogen-bond donors (Lipinski definition) is 2. The first-order valence-corrected chi connectivity index (χ1v) is 10.9. The van der Waals surface area contributed by atoms with Crippen LogP contribution < -0.4 is 10.6 Å². The number of nitrogens with one attached hydrogen (secondary N) is 2. The molecule has 2 aliphatic carbocycles. The van der Waals surface area contributed by atoms with Crippen LogP contribution in [0.1, 0.15) is 64.6 Å². The van der Waals surface area contributed by atoms with Crippen LogP contribution in [0.4, 0.5) is 10.1 Å². The lowest BCUT2D eigenvalue weighted by Gasteiger charge is -2.28. The summed E-state index contributed by atoms with van der Waals surface area (Å²) in [6.07, 6.45) is 4.86. The number of aryl methyl sites for hydroxylation is 2. The molecule has 1 atom stereocenters. The molecule has 2 aliphatic rings. The van der Waals surface area contributed by atoms with Gasteiger partial charge in [-0.25, -0.2) is 4.39 Å². The Morgan fingerprint density at radius 3 is 2.65 bits per heavy atom. The summed E-state index contributed by atoms with van der Waals surface area (Å²) in [6, 6.07) is 18.6. The summed E-state index contributed by atoms with van der Waals surface area (Å²) >= 11 is 0. The van der Waals surface area contributed by atoms with Crippen LogP contribution in [-0.2, 0) is 12.0 Å². The molecule has 1 fully saturated rings. The number of rotatable bonds is 5. The highest BCUT2D eigenvalue weighted by Crippen LogP contribution is 2.46. The maximum atomic E-state index is 13.2. The van der Waals surface area contributed by atoms with Gasteiger partial charge >= 0.3 is 0 Å². The van der Waals surface area contributed by atoms with Crippen molar-refractivity contribution in [3.8, 4) is 0 Å². The van der Waals surface area contributed by atoms with Gasteiger partial charge in [-0.2, -0.15) is 0 Å². The Balaban J connectivity index is 1.36. The molecule has 5 heteroatoms. The van der Waals surface area contributed by atoms with E-state index >= 15 is 0 Å². The number of nitrogens with zero attached hydrogens (tertiary/aromatic N) is 1. The Hall–Kier alpha value is -3.21. The highest BCUT2D eigenvalue weighted by atomic mass is 19.1. The summed E-state index contributed by atoms with van der Waals surface area (Å²) in [5.74, 6) is -0.529. The van der Waals surface area contributed by atoms with Crippen LogP contribution in [0, 0.1) is 12.7 Å². The summed E-state index contributed by atoms with van der Waals surface area (Å²) in [6.45, 7) is 2.10. The van der Waals surface area contributed by atoms with Gasteiger partial charge in [0.15, 0.2) is 0 Å². The van der Waals surface area contributed by atoms with Gasteiger partial charge in [-0.1, -0.05) is 18.2 Å². The van der Waals surface area contributed by atoms with E-state index in [1.807, 2.05) is 0 Å². The minimum Gasteiger partial charge on any atom is -0.378 e. The molecule has 0 aliphatic heterocycles. The predicted octanol–water partition coefficient (Wildman–Crippen LogP) is 5.44. The molecule has 0 saturated heterocycles. The summed E-state index contributed by atoms with van der Waals surface area (Å²) in [5.41, 5.74) is 5.73. The van der Waals surface area contributed by atoms with Gasteiger partial charge in [0.2, 0.25) is 0 Å². The van der Waals surface area contributed by atoms with E-state index in [4.69, 9.17) is 4.98 Å². The average Bonchev–Trinajstić information content (AvgIpc) is 3.55. The SMILES string of the molecule is Cc1cccc(N[C@H]2CCCc3nc(C4(NC(=O)c5ccc(F)cc5)CC4)ccc32)c1. The molecule has 4 nitrogen and oxygen atoms in total. The van der Waals surface area contributed by atoms with E-state index in [1.165, 1.54) is 35.4 Å². The van der Waals surface area contributed by atoms with Crippen molar-refractivity contribution in [1.29, 1.82) is 0 Å². The molecule has 2 N–H and O–H groups in total. The van der Waals surface area contributed by atoms with Crippen LogP contribution in [0.15, 0.2) is 60.7 Å². The molecule has 1 heterocycles. The van der Waals surface area contributed by atoms with Crippen molar-refractivity contribution in [1.82, 2.24) is 10.3 Å². The third-order valence-corrected chi connectivity index (χ3v) is 6.35. The zero-order chi connectivity index (χ0) is 21.4. The zero-order valence-corrected chi connectivity index (χ0v) is 17.6. The van der Waals surface area contributed by atoms with E-state index in [1.54, 1.807) is 0 Å². The van der Waals surface area contributed by atoms with E-state index < -0.39 is 5.54 Å². The third-order valence-electron chi connectivity index (χ3n) is 6.35. The van der Waals surface area contributed by atoms with Gasteiger partial charge in [0.25, 0.3) is 5.91 Å². The van der Waals surface area contributed by atoms with Crippen LogP contribution in [0.2, 0.25) is 0 Å². The largest absolute Gasteiger partial charge is 0.378 e. The molecule has 0 bridgehead atoms. The topological polar surface area (TPSA) is 54.0 Å². The first-order chi connectivity index (χ1) is 15.0. The van der Waals surface area contributed by atoms with E-state index in [9.17, 15) is 9.18 Å². The lowest BCUT2D eigenvalue weighted by atomic mass is 9.90. The van der Waals surface area contributed by atoms with Crippen molar-refractivity contribution in [3.63, 3.8) is 0 Å². The van der Waals surface area contributed by atoms with E-state index in [-0.39, 0.29) is 17.8 Å². The number of pyridine rings is 1. The zero-order valence-electron chi connectivity index (χ0n) is 17.6. The minimum absolute atomic E-state index is 0.184. The smallest absolute Gasteiger partial charge is 0.252 e. The fourth-order valence-corrected chi connectivity index (χ4v) is 4.47. The summed E-state index contributed by atoms with van der Waals surface area (Å²) in [7, 11) is 0. The third kappa shape index (κ3) is 4.05. The van der Waals surface area contributed by atoms with Crippen LogP contribution >= 0.6 is 0 Å². The molecule has 0 spiro atoms. The molecule has 1 saturated carbocycles. The van der Waals surface area contributed by atoms with Crippen LogP contribution in [0.5, 0.6) is 0 Å². The number of benzene rings is 2. The maximum Gasteiger partial charge on any atom is 0.252 e. The maximum absolute atomic E-state index is 13.2. The highest BCUT2D eigenvalue weighted by Gasteiger charge is 2.47. The van der Waals surface area contributed by atoms with Gasteiger partial charge in [0.1, 0.15) is 5.82 Å². The first kappa shape index (κ1) is 19.7. The normalized spacial score (nSPS) is 18.7. The van der Waals surface area contributed by atoms with Crippen molar-refractivity contribution in [3.05, 3.63) is 94.6 Å². The van der Waals surface area contributed by atoms with Crippen molar-refractivity contribution in [2.45, 2.75) is 50.6 Å². The number of aromatic nitrogens is 1. The molecule has 5 rings (SSSR count). The Bertz CT molecular complexity index is 1120. The Morgan fingerprint density at radius 1 is 1.10 bits per heavy atom. The number of carbonyl (C=O) groups excluding carboxylic acids is 1. The number of fused-ring (bicyclic) bond motifs is 1. The molecule has 0 unspecified atom stereocenters. The van der Waals surface area contributed by atoms with Crippen LogP contribution in [-0.4, -0.2) is 10.9 Å². The Kier molecular flexibility index (Phi) is 4.97. The average molecular weight is 416 g/mol. The van der Waals surface area contributed by atoms with Crippen molar-refractivity contribution < 1.29 is 9.18 Å². The van der Waals surface area contributed by atoms with Gasteiger partial charge in [0.05, 0.1) is 17.3 Å². The molecular weight excluding hydrogens is 389 g/mol. The lowest BCUT2D eigenvalue weighted by molar-refractivity contribution is 0.0929. The second-order valence-corrected chi connectivity index (χ2v) is 8.73. The molecule has 158 valence electrons. The molecule has 1 amide bonds. The summed E-state index contributed by atoms with van der Waals surface area (Å²) in [4.78, 5) is 17.7. The van der Waals surface area contributed by atoms with Gasteiger partial charge < -0.3 is 10.6 Å². The molecule has 3 aromatic rings. The molecule has 1 aromatic heterocycles. The summed E-state index contributed by atoms with van der Waals surface area (Å²) in [5, 5.41) is 6.81. The van der Waals surface area contributed by atoms with Gasteiger partial charge in [-0.15, -0.1) is 0 Å². The van der Waals surface area contributed by atoms with E-state index in [0.717, 1.165) is 49.2 Å². The van der Waals surface area contributed by atoms with Crippen LogP contribution in [0.25, 0.3) is 0 Å². The van der Waals surface area contributed by atoms with E-state index in [0.29, 0.717) is 5.56 Å². The Labute approximate surface area is 181 Å². The summed E-state index contributed by atoms with van der Waals surface area (Å²) < 4.78 is 13.2. The van der Waals surface area contributed by atoms with Gasteiger partial charge in [0, 0.05) is 16.9 Å². The molecule has 0 radical (unpaired) electrons. The number of halogens is 1. The fraction of sp³-hybridized carbons (Fsp3) is 0.308. The monoisotopic (exact) mass is 415 g/mol. The quantitative estimate of drug-likeness (QED) is 0.584. The van der Waals surface area contributed by atoms with E-state index in [2.05, 4.69) is 54.0 Å². The van der Waals surface area contributed by atoms with Crippen molar-refractivity contribution in [2.24, 2.45) is 0 Å². The first-order valence-electron chi connectivity index (χ1n) is 10.9. The van der Waals surface area contributed by atoms with Crippen molar-refractivity contribution in [2.75, 3.05) is 5.32 Å². The molecular formula is C26H26FN3O. The predicted molar refractivity (Wildman–Crippen MR) is 119 cm³/mol. The molecule has 2 aromatic carbocycles. The van der Waals surface area contributed by atoms with Crippen molar-refractivity contribution >= 4 is 11.6 Å². The second kappa shape index (κ2) is 7.80. The minimum atomic E-state index is -0.405. The number of hydrogen-bond acceptors (Lipinski definition) is 3. The fourth-order valence-electron chi connectivity index (χ4n) is 4.47. The van der Waals surface area contributed by atoms with Gasteiger partial charge in [-0.05, 0) is 92.6 Å². The van der Waals surface area contributed by atoms with Crippen LogP contribution in [0.3, 0.4) is 0 Å². The van der Waals surface area contributed by atoms with Gasteiger partial charge in [-0.3, -0.25) is 9.78 Å². The standard InChI is InChI=1S/C26H26FN3O/c1-17-4-2-5-20(16-17)28-22-6-3-7-23-21(22)12-13-24(29-23)26(14-15-26)30-25(31)18-8-10-19(27)11-9-18/h2,4-5,8-13,16,22,28H,3,6-7,14-15H2,1H3,(H,30,31)/t22-/m0/s1. The number of amides is 1. The molecule has 31 heavy (non-hydrogen) atoms.